The summed E-state index contributed by atoms with van der Waals surface area (Å²) in [6.45, 7) is 0. The maximum atomic E-state index is 2.53. The lowest BCUT2D eigenvalue weighted by molar-refractivity contribution is 0.443. The SMILES string of the molecule is c1ccc(-c2ccccc2-c2ccccc2-c2ccccc2N(c2ccc(C3CCCCC3)cc2)c2ccc3c(c2)C(c2ccccc2)(c2ccccc2)c2cccc(-c4ccccc4)c2-3)cc1. The van der Waals surface area contributed by atoms with Crippen LogP contribution >= 0.6 is 0 Å². The van der Waals surface area contributed by atoms with Gasteiger partial charge in [0.25, 0.3) is 0 Å². The van der Waals surface area contributed by atoms with E-state index in [4.69, 9.17) is 0 Å². The van der Waals surface area contributed by atoms with E-state index in [9.17, 15) is 0 Å². The van der Waals surface area contributed by atoms with Gasteiger partial charge in [-0.3, -0.25) is 0 Å². The zero-order chi connectivity index (χ0) is 45.3. The van der Waals surface area contributed by atoms with E-state index in [1.807, 2.05) is 0 Å². The summed E-state index contributed by atoms with van der Waals surface area (Å²) in [6, 6.07) is 94.8. The Labute approximate surface area is 401 Å². The van der Waals surface area contributed by atoms with Crippen molar-refractivity contribution >= 4 is 17.1 Å². The number of benzene rings is 10. The molecule has 0 radical (unpaired) electrons. The van der Waals surface area contributed by atoms with Crippen molar-refractivity contribution in [2.75, 3.05) is 4.90 Å². The molecule has 1 fully saturated rings. The summed E-state index contributed by atoms with van der Waals surface area (Å²) >= 11 is 0. The van der Waals surface area contributed by atoms with Crippen LogP contribution in [0.5, 0.6) is 0 Å². The van der Waals surface area contributed by atoms with E-state index < -0.39 is 5.41 Å². The van der Waals surface area contributed by atoms with Gasteiger partial charge in [0.1, 0.15) is 0 Å². The zero-order valence-corrected chi connectivity index (χ0v) is 38.3. The highest BCUT2D eigenvalue weighted by atomic mass is 15.1. The molecule has 2 aliphatic carbocycles. The molecular formula is C67H53N. The molecule has 0 amide bonds. The summed E-state index contributed by atoms with van der Waals surface area (Å²) in [4.78, 5) is 2.53. The van der Waals surface area contributed by atoms with Gasteiger partial charge in [0, 0.05) is 16.9 Å². The summed E-state index contributed by atoms with van der Waals surface area (Å²) in [7, 11) is 0. The predicted octanol–water partition coefficient (Wildman–Crippen LogP) is 18.2. The Morgan fingerprint density at radius 2 is 0.794 bits per heavy atom. The number of hydrogen-bond donors (Lipinski definition) is 0. The fourth-order valence-electron chi connectivity index (χ4n) is 11.7. The van der Waals surface area contributed by atoms with Crippen molar-refractivity contribution < 1.29 is 0 Å². The van der Waals surface area contributed by atoms with Crippen molar-refractivity contribution in [3.8, 4) is 55.6 Å². The Morgan fingerprint density at radius 3 is 1.41 bits per heavy atom. The van der Waals surface area contributed by atoms with E-state index in [1.165, 1.54) is 116 Å². The molecule has 0 unspecified atom stereocenters. The van der Waals surface area contributed by atoms with Gasteiger partial charge in [-0.15, -0.1) is 0 Å². The molecule has 68 heavy (non-hydrogen) atoms. The average molecular weight is 872 g/mol. The van der Waals surface area contributed by atoms with Gasteiger partial charge in [-0.1, -0.05) is 244 Å². The number of fused-ring (bicyclic) bond motifs is 3. The van der Waals surface area contributed by atoms with Gasteiger partial charge in [0.2, 0.25) is 0 Å². The zero-order valence-electron chi connectivity index (χ0n) is 38.3. The van der Waals surface area contributed by atoms with Crippen LogP contribution in [-0.2, 0) is 5.41 Å². The van der Waals surface area contributed by atoms with Gasteiger partial charge in [0.05, 0.1) is 11.1 Å². The molecule has 0 atom stereocenters. The number of nitrogens with zero attached hydrogens (tertiary/aromatic N) is 1. The molecule has 0 aromatic heterocycles. The van der Waals surface area contributed by atoms with E-state index in [2.05, 4.69) is 260 Å². The molecule has 0 spiro atoms. The maximum absolute atomic E-state index is 2.53. The van der Waals surface area contributed by atoms with Crippen LogP contribution in [0.3, 0.4) is 0 Å². The van der Waals surface area contributed by atoms with Crippen LogP contribution in [0.2, 0.25) is 0 Å². The third-order valence-electron chi connectivity index (χ3n) is 14.8. The Bertz CT molecular complexity index is 3310. The third kappa shape index (κ3) is 7.18. The number of hydrogen-bond acceptors (Lipinski definition) is 1. The Balaban J connectivity index is 1.11. The summed E-state index contributed by atoms with van der Waals surface area (Å²) in [5, 5.41) is 0. The standard InChI is InChI=1S/C67H53N/c1-6-23-48(24-7-1)49-41-43-54(44-42-49)68(65-40-21-20-37-61(65)60-36-19-18-35-59(60)58-34-17-16-33-56(58)50-25-8-2-9-26-50)55-45-46-62-64(47-55)67(52-29-12-4-13-30-52,53-31-14-5-15-32-53)63-39-22-38-57(66(62)63)51-27-10-3-11-28-51/h2-5,8-22,25-48H,1,6-7,23-24H2. The number of para-hydroxylation sites is 1. The Kier molecular flexibility index (Phi) is 11.0. The van der Waals surface area contributed by atoms with Crippen LogP contribution in [0.1, 0.15) is 65.8 Å². The molecule has 2 aliphatic rings. The summed E-state index contributed by atoms with van der Waals surface area (Å²) in [5.41, 5.74) is 21.6. The molecule has 0 heterocycles. The first-order valence-corrected chi connectivity index (χ1v) is 24.5. The highest BCUT2D eigenvalue weighted by Crippen LogP contribution is 2.59. The van der Waals surface area contributed by atoms with E-state index >= 15 is 0 Å². The molecule has 0 aliphatic heterocycles. The lowest BCUT2D eigenvalue weighted by atomic mass is 9.67. The highest BCUT2D eigenvalue weighted by Gasteiger charge is 2.47. The summed E-state index contributed by atoms with van der Waals surface area (Å²) in [6.07, 6.45) is 6.51. The first kappa shape index (κ1) is 41.4. The number of rotatable bonds is 10. The second kappa shape index (κ2) is 18.0. The van der Waals surface area contributed by atoms with E-state index in [0.717, 1.165) is 17.1 Å². The van der Waals surface area contributed by atoms with Crippen LogP contribution in [0.25, 0.3) is 55.6 Å². The summed E-state index contributed by atoms with van der Waals surface area (Å²) < 4.78 is 0. The summed E-state index contributed by atoms with van der Waals surface area (Å²) in [5.74, 6) is 0.616. The fourth-order valence-corrected chi connectivity index (χ4v) is 11.7. The van der Waals surface area contributed by atoms with Gasteiger partial charge < -0.3 is 4.90 Å². The molecule has 0 saturated heterocycles. The molecule has 1 heteroatoms. The van der Waals surface area contributed by atoms with Gasteiger partial charge in [-0.05, 0) is 127 Å². The Morgan fingerprint density at radius 1 is 0.324 bits per heavy atom. The monoisotopic (exact) mass is 871 g/mol. The second-order valence-electron chi connectivity index (χ2n) is 18.5. The molecule has 12 rings (SSSR count). The third-order valence-corrected chi connectivity index (χ3v) is 14.8. The van der Waals surface area contributed by atoms with E-state index in [0.29, 0.717) is 5.92 Å². The fraction of sp³-hybridized carbons (Fsp3) is 0.104. The molecule has 10 aromatic rings. The van der Waals surface area contributed by atoms with Gasteiger partial charge >= 0.3 is 0 Å². The van der Waals surface area contributed by atoms with Crippen molar-refractivity contribution in [1.29, 1.82) is 0 Å². The molecule has 0 N–H and O–H groups in total. The smallest absolute Gasteiger partial charge is 0.0714 e. The minimum absolute atomic E-state index is 0.586. The minimum atomic E-state index is -0.586. The molecule has 0 bridgehead atoms. The normalized spacial score (nSPS) is 13.9. The average Bonchev–Trinajstić information content (AvgIpc) is 3.73. The van der Waals surface area contributed by atoms with Crippen LogP contribution in [-0.4, -0.2) is 0 Å². The van der Waals surface area contributed by atoms with Crippen LogP contribution in [0, 0.1) is 0 Å². The van der Waals surface area contributed by atoms with Gasteiger partial charge in [-0.2, -0.15) is 0 Å². The second-order valence-corrected chi connectivity index (χ2v) is 18.5. The topological polar surface area (TPSA) is 3.24 Å². The molecule has 1 nitrogen and oxygen atoms in total. The van der Waals surface area contributed by atoms with E-state index in [1.54, 1.807) is 0 Å². The van der Waals surface area contributed by atoms with Crippen molar-refractivity contribution in [3.05, 3.63) is 283 Å². The highest BCUT2D eigenvalue weighted by molar-refractivity contribution is 6.00. The van der Waals surface area contributed by atoms with Crippen molar-refractivity contribution in [1.82, 2.24) is 0 Å². The largest absolute Gasteiger partial charge is 0.310 e. The number of anilines is 3. The molecule has 10 aromatic carbocycles. The van der Waals surface area contributed by atoms with Crippen LogP contribution < -0.4 is 4.90 Å². The lowest BCUT2D eigenvalue weighted by Crippen LogP contribution is -2.28. The molecule has 1 saturated carbocycles. The van der Waals surface area contributed by atoms with Crippen LogP contribution in [0.4, 0.5) is 17.1 Å². The van der Waals surface area contributed by atoms with Crippen molar-refractivity contribution in [3.63, 3.8) is 0 Å². The van der Waals surface area contributed by atoms with Crippen molar-refractivity contribution in [2.24, 2.45) is 0 Å². The molecular weight excluding hydrogens is 819 g/mol. The van der Waals surface area contributed by atoms with E-state index in [-0.39, 0.29) is 0 Å². The van der Waals surface area contributed by atoms with Gasteiger partial charge in [0.15, 0.2) is 0 Å². The quantitative estimate of drug-likeness (QED) is 0.132. The first-order chi connectivity index (χ1) is 33.8. The maximum Gasteiger partial charge on any atom is 0.0714 e. The van der Waals surface area contributed by atoms with Crippen molar-refractivity contribution in [2.45, 2.75) is 43.4 Å². The lowest BCUT2D eigenvalue weighted by Gasteiger charge is -2.35. The Hall–Kier alpha value is -8.00. The predicted molar refractivity (Wildman–Crippen MR) is 286 cm³/mol. The molecule has 326 valence electrons. The minimum Gasteiger partial charge on any atom is -0.310 e. The first-order valence-electron chi connectivity index (χ1n) is 24.5. The van der Waals surface area contributed by atoms with Crippen LogP contribution in [0.15, 0.2) is 255 Å². The van der Waals surface area contributed by atoms with Gasteiger partial charge in [-0.25, -0.2) is 0 Å².